The Kier molecular flexibility index (Phi) is 5.34. The van der Waals surface area contributed by atoms with Crippen LogP contribution < -0.4 is 11.5 Å². The molecular weight excluding hydrogens is 300 g/mol. The van der Waals surface area contributed by atoms with E-state index >= 15 is 0 Å². The summed E-state index contributed by atoms with van der Waals surface area (Å²) in [7, 11) is 0. The molecule has 0 bridgehead atoms. The smallest absolute Gasteiger partial charge is 0.217 e. The average molecular weight is 315 g/mol. The van der Waals surface area contributed by atoms with Gasteiger partial charge >= 0.3 is 0 Å². The number of amides is 1. The molecule has 0 atom stereocenters. The number of aromatic nitrogens is 2. The number of nitrogens with zero attached hydrogens (tertiary/aromatic N) is 2. The molecule has 6 heteroatoms. The first-order valence-electron chi connectivity index (χ1n) is 6.72. The van der Waals surface area contributed by atoms with Gasteiger partial charge in [-0.3, -0.25) is 4.79 Å². The number of benzene rings is 1. The van der Waals surface area contributed by atoms with Crippen molar-refractivity contribution in [2.24, 2.45) is 5.73 Å². The highest BCUT2D eigenvalue weighted by atomic mass is 35.5. The first-order chi connectivity index (χ1) is 10.6. The van der Waals surface area contributed by atoms with Crippen molar-refractivity contribution in [3.8, 4) is 23.0 Å². The zero-order valence-electron chi connectivity index (χ0n) is 11.8. The van der Waals surface area contributed by atoms with Crippen molar-refractivity contribution in [2.75, 3.05) is 5.73 Å². The number of rotatable bonds is 4. The number of unbranched alkanes of at least 4 members (excludes halogenated alkanes) is 1. The number of nitrogens with two attached hydrogens (primary N) is 2. The van der Waals surface area contributed by atoms with Crippen molar-refractivity contribution in [1.29, 1.82) is 0 Å². The third-order valence-corrected chi connectivity index (χ3v) is 3.13. The minimum Gasteiger partial charge on any atom is -0.382 e. The van der Waals surface area contributed by atoms with Crippen molar-refractivity contribution in [1.82, 2.24) is 10.2 Å². The molecule has 112 valence electrons. The maximum absolute atomic E-state index is 10.6. The molecule has 0 spiro atoms. The lowest BCUT2D eigenvalue weighted by molar-refractivity contribution is -0.118. The SMILES string of the molecule is NC(=O)CCCC#Cc1ccc(-c2cc(Cl)nnc2N)cc1. The molecule has 1 aromatic heterocycles. The van der Waals surface area contributed by atoms with Gasteiger partial charge < -0.3 is 11.5 Å². The largest absolute Gasteiger partial charge is 0.382 e. The highest BCUT2D eigenvalue weighted by Gasteiger charge is 2.05. The van der Waals surface area contributed by atoms with Crippen molar-refractivity contribution in [2.45, 2.75) is 19.3 Å². The summed E-state index contributed by atoms with van der Waals surface area (Å²) in [6.07, 6.45) is 1.68. The van der Waals surface area contributed by atoms with Crippen molar-refractivity contribution < 1.29 is 4.79 Å². The van der Waals surface area contributed by atoms with E-state index < -0.39 is 0 Å². The Labute approximate surface area is 133 Å². The molecule has 4 N–H and O–H groups in total. The Hall–Kier alpha value is -2.58. The van der Waals surface area contributed by atoms with Gasteiger partial charge in [0.15, 0.2) is 11.0 Å². The van der Waals surface area contributed by atoms with Crippen LogP contribution in [-0.4, -0.2) is 16.1 Å². The highest BCUT2D eigenvalue weighted by molar-refractivity contribution is 6.29. The van der Waals surface area contributed by atoms with E-state index in [0.717, 1.165) is 16.7 Å². The second kappa shape index (κ2) is 7.43. The maximum atomic E-state index is 10.6. The van der Waals surface area contributed by atoms with E-state index in [4.69, 9.17) is 23.1 Å². The summed E-state index contributed by atoms with van der Waals surface area (Å²) in [5, 5.41) is 7.77. The van der Waals surface area contributed by atoms with Gasteiger partial charge in [0.1, 0.15) is 0 Å². The topological polar surface area (TPSA) is 94.9 Å². The molecule has 2 aromatic rings. The van der Waals surface area contributed by atoms with Gasteiger partial charge in [-0.05, 0) is 30.2 Å². The molecule has 0 aliphatic carbocycles. The van der Waals surface area contributed by atoms with Gasteiger partial charge in [0.2, 0.25) is 5.91 Å². The molecule has 0 aliphatic heterocycles. The molecule has 0 unspecified atom stereocenters. The molecule has 0 saturated heterocycles. The summed E-state index contributed by atoms with van der Waals surface area (Å²) in [4.78, 5) is 10.6. The third kappa shape index (κ3) is 4.47. The second-order valence-corrected chi connectivity index (χ2v) is 5.05. The average Bonchev–Trinajstić information content (AvgIpc) is 2.50. The van der Waals surface area contributed by atoms with Gasteiger partial charge in [-0.15, -0.1) is 10.2 Å². The fraction of sp³-hybridized carbons (Fsp3) is 0.188. The Morgan fingerprint density at radius 2 is 1.95 bits per heavy atom. The normalized spacial score (nSPS) is 9.86. The minimum atomic E-state index is -0.298. The van der Waals surface area contributed by atoms with Gasteiger partial charge in [0.25, 0.3) is 0 Å². The fourth-order valence-corrected chi connectivity index (χ4v) is 2.00. The van der Waals surface area contributed by atoms with Gasteiger partial charge in [-0.2, -0.15) is 0 Å². The lowest BCUT2D eigenvalue weighted by atomic mass is 10.1. The highest BCUT2D eigenvalue weighted by Crippen LogP contribution is 2.25. The molecule has 0 fully saturated rings. The fourth-order valence-electron chi connectivity index (χ4n) is 1.86. The Morgan fingerprint density at radius 3 is 2.64 bits per heavy atom. The van der Waals surface area contributed by atoms with Crippen LogP contribution in [0.4, 0.5) is 5.82 Å². The van der Waals surface area contributed by atoms with E-state index in [0.29, 0.717) is 30.2 Å². The first kappa shape index (κ1) is 15.8. The van der Waals surface area contributed by atoms with Gasteiger partial charge in [0, 0.05) is 24.0 Å². The predicted octanol–water partition coefficient (Wildman–Crippen LogP) is 2.39. The lowest BCUT2D eigenvalue weighted by Gasteiger charge is -2.04. The van der Waals surface area contributed by atoms with E-state index in [1.165, 1.54) is 0 Å². The summed E-state index contributed by atoms with van der Waals surface area (Å²) in [5.41, 5.74) is 13.4. The Bertz CT molecular complexity index is 732. The van der Waals surface area contributed by atoms with Gasteiger partial charge in [0.05, 0.1) is 0 Å². The van der Waals surface area contributed by atoms with Crippen LogP contribution in [0, 0.1) is 11.8 Å². The van der Waals surface area contributed by atoms with Crippen LogP contribution in [0.15, 0.2) is 30.3 Å². The van der Waals surface area contributed by atoms with Gasteiger partial charge in [-0.25, -0.2) is 0 Å². The quantitative estimate of drug-likeness (QED) is 0.669. The lowest BCUT2D eigenvalue weighted by Crippen LogP contribution is -2.09. The second-order valence-electron chi connectivity index (χ2n) is 4.66. The summed E-state index contributed by atoms with van der Waals surface area (Å²) < 4.78 is 0. The van der Waals surface area contributed by atoms with E-state index in [-0.39, 0.29) is 5.91 Å². The van der Waals surface area contributed by atoms with E-state index in [9.17, 15) is 4.79 Å². The van der Waals surface area contributed by atoms with Crippen LogP contribution in [0.25, 0.3) is 11.1 Å². The number of halogens is 1. The molecule has 2 rings (SSSR count). The molecule has 0 radical (unpaired) electrons. The number of hydrogen-bond acceptors (Lipinski definition) is 4. The number of hydrogen-bond donors (Lipinski definition) is 2. The molecule has 1 aromatic carbocycles. The van der Waals surface area contributed by atoms with Gasteiger partial charge in [-0.1, -0.05) is 35.6 Å². The number of carbonyl (C=O) groups excluding carboxylic acids is 1. The molecule has 1 amide bonds. The molecule has 0 aliphatic rings. The molecular formula is C16H15ClN4O. The van der Waals surface area contributed by atoms with E-state index in [1.54, 1.807) is 6.07 Å². The molecule has 0 saturated carbocycles. The van der Waals surface area contributed by atoms with Crippen molar-refractivity contribution in [3.63, 3.8) is 0 Å². The van der Waals surface area contributed by atoms with Crippen LogP contribution in [0.2, 0.25) is 5.15 Å². The number of carbonyl (C=O) groups is 1. The maximum Gasteiger partial charge on any atom is 0.217 e. The Morgan fingerprint density at radius 1 is 1.23 bits per heavy atom. The summed E-state index contributed by atoms with van der Waals surface area (Å²) in [5.74, 6) is 6.08. The van der Waals surface area contributed by atoms with Crippen molar-refractivity contribution in [3.05, 3.63) is 41.0 Å². The minimum absolute atomic E-state index is 0.294. The number of nitrogen functional groups attached to an aromatic ring is 1. The van der Waals surface area contributed by atoms with E-state index in [2.05, 4.69) is 22.0 Å². The van der Waals surface area contributed by atoms with Crippen LogP contribution in [0.1, 0.15) is 24.8 Å². The molecule has 1 heterocycles. The predicted molar refractivity (Wildman–Crippen MR) is 86.8 cm³/mol. The standard InChI is InChI=1S/C16H15ClN4O/c17-14-10-13(16(19)21-20-14)12-8-6-11(7-9-12)4-2-1-3-5-15(18)22/h6-10H,1,3,5H2,(H2,18,22)(H2,19,21). The van der Waals surface area contributed by atoms with Crippen LogP contribution in [0.5, 0.6) is 0 Å². The van der Waals surface area contributed by atoms with Crippen molar-refractivity contribution >= 4 is 23.3 Å². The zero-order chi connectivity index (χ0) is 15.9. The Balaban J connectivity index is 2.06. The summed E-state index contributed by atoms with van der Waals surface area (Å²) in [6, 6.07) is 9.26. The zero-order valence-corrected chi connectivity index (χ0v) is 12.6. The first-order valence-corrected chi connectivity index (χ1v) is 7.10. The third-order valence-electron chi connectivity index (χ3n) is 2.95. The van der Waals surface area contributed by atoms with E-state index in [1.807, 2.05) is 24.3 Å². The molecule has 5 nitrogen and oxygen atoms in total. The van der Waals surface area contributed by atoms with Crippen LogP contribution in [-0.2, 0) is 4.79 Å². The van der Waals surface area contributed by atoms with Crippen LogP contribution >= 0.6 is 11.6 Å². The molecule has 22 heavy (non-hydrogen) atoms. The number of primary amides is 1. The summed E-state index contributed by atoms with van der Waals surface area (Å²) in [6.45, 7) is 0. The van der Waals surface area contributed by atoms with Crippen LogP contribution in [0.3, 0.4) is 0 Å². The monoisotopic (exact) mass is 314 g/mol. The summed E-state index contributed by atoms with van der Waals surface area (Å²) >= 11 is 5.83. The number of anilines is 1.